The van der Waals surface area contributed by atoms with E-state index in [0.29, 0.717) is 21.5 Å². The topological polar surface area (TPSA) is 67.2 Å². The van der Waals surface area contributed by atoms with Gasteiger partial charge in [0.1, 0.15) is 4.88 Å². The first kappa shape index (κ1) is 13.6. The lowest BCUT2D eigenvalue weighted by Gasteiger charge is -2.06. The van der Waals surface area contributed by atoms with Crippen molar-refractivity contribution in [3.8, 4) is 0 Å². The van der Waals surface area contributed by atoms with E-state index in [-0.39, 0.29) is 11.9 Å². The molecule has 1 aromatic heterocycles. The summed E-state index contributed by atoms with van der Waals surface area (Å²) in [5.41, 5.74) is 7.39. The summed E-state index contributed by atoms with van der Waals surface area (Å²) in [6.45, 7) is -0.413. The molecule has 20 heavy (non-hydrogen) atoms. The van der Waals surface area contributed by atoms with Gasteiger partial charge in [0, 0.05) is 11.6 Å². The van der Waals surface area contributed by atoms with Crippen molar-refractivity contribution in [2.45, 2.75) is 44.1 Å². The molecule has 0 unspecified atom stereocenters. The quantitative estimate of drug-likeness (QED) is 0.757. The number of nitrogen functional groups attached to an aromatic ring is 1. The molecule has 0 aliphatic heterocycles. The van der Waals surface area contributed by atoms with Crippen molar-refractivity contribution < 1.29 is 13.6 Å². The minimum atomic E-state index is -2.42. The van der Waals surface area contributed by atoms with Crippen LogP contribution in [0.4, 0.5) is 19.5 Å². The molecule has 3 rings (SSSR count). The Morgan fingerprint density at radius 1 is 1.35 bits per heavy atom. The standard InChI is InChI=1S/C13H17F2N3OS/c14-8(15)5-17-13-9(6-1-2-6)10(16)11(20-13)12(19)18-7-3-4-7/h6-8,17H,1-5,16H2,(H,18,19). The van der Waals surface area contributed by atoms with Crippen LogP contribution >= 0.6 is 11.3 Å². The van der Waals surface area contributed by atoms with Crippen LogP contribution in [0.15, 0.2) is 0 Å². The van der Waals surface area contributed by atoms with Gasteiger partial charge in [-0.05, 0) is 31.6 Å². The molecular formula is C13H17F2N3OS. The zero-order valence-corrected chi connectivity index (χ0v) is 11.7. The predicted molar refractivity (Wildman–Crippen MR) is 75.7 cm³/mol. The number of carbonyl (C=O) groups is 1. The number of hydrogen-bond donors (Lipinski definition) is 3. The number of alkyl halides is 2. The molecule has 110 valence electrons. The lowest BCUT2D eigenvalue weighted by molar-refractivity contribution is 0.0956. The second kappa shape index (κ2) is 5.20. The Kier molecular flexibility index (Phi) is 3.54. The molecule has 0 aromatic carbocycles. The number of hydrogen-bond acceptors (Lipinski definition) is 4. The molecule has 7 heteroatoms. The Bertz CT molecular complexity index is 524. The van der Waals surface area contributed by atoms with Gasteiger partial charge in [0.2, 0.25) is 0 Å². The highest BCUT2D eigenvalue weighted by Gasteiger charge is 2.34. The van der Waals surface area contributed by atoms with Crippen molar-refractivity contribution in [2.75, 3.05) is 17.6 Å². The summed E-state index contributed by atoms with van der Waals surface area (Å²) in [5, 5.41) is 6.25. The van der Waals surface area contributed by atoms with Crippen molar-refractivity contribution in [1.29, 1.82) is 0 Å². The normalized spacial score (nSPS) is 18.4. The van der Waals surface area contributed by atoms with Gasteiger partial charge in [0.15, 0.2) is 0 Å². The third-order valence-electron chi connectivity index (χ3n) is 3.50. The second-order valence-corrected chi connectivity index (χ2v) is 6.40. The highest BCUT2D eigenvalue weighted by Crippen LogP contribution is 2.50. The summed E-state index contributed by atoms with van der Waals surface area (Å²) in [7, 11) is 0. The maximum atomic E-state index is 12.3. The van der Waals surface area contributed by atoms with Crippen LogP contribution in [0.1, 0.15) is 46.8 Å². The highest BCUT2D eigenvalue weighted by molar-refractivity contribution is 7.18. The second-order valence-electron chi connectivity index (χ2n) is 5.38. The zero-order chi connectivity index (χ0) is 14.3. The van der Waals surface area contributed by atoms with E-state index in [1.54, 1.807) is 0 Å². The highest BCUT2D eigenvalue weighted by atomic mass is 32.1. The Morgan fingerprint density at radius 3 is 2.60 bits per heavy atom. The molecule has 2 fully saturated rings. The fraction of sp³-hybridized carbons (Fsp3) is 0.615. The Hall–Kier alpha value is -1.37. The van der Waals surface area contributed by atoms with Gasteiger partial charge in [-0.25, -0.2) is 8.78 Å². The van der Waals surface area contributed by atoms with Crippen molar-refractivity contribution in [3.05, 3.63) is 10.4 Å². The number of thiophene rings is 1. The fourth-order valence-electron chi connectivity index (χ4n) is 2.18. The van der Waals surface area contributed by atoms with Gasteiger partial charge in [0.25, 0.3) is 12.3 Å². The molecule has 2 aliphatic carbocycles. The SMILES string of the molecule is Nc1c(C(=O)NC2CC2)sc(NCC(F)F)c1C1CC1. The number of halogens is 2. The van der Waals surface area contributed by atoms with E-state index in [9.17, 15) is 13.6 Å². The molecule has 1 heterocycles. The first-order valence-corrected chi connectivity index (χ1v) is 7.63. The number of rotatable bonds is 6. The van der Waals surface area contributed by atoms with E-state index in [1.165, 1.54) is 11.3 Å². The van der Waals surface area contributed by atoms with Gasteiger partial charge in [-0.1, -0.05) is 0 Å². The van der Waals surface area contributed by atoms with Crippen LogP contribution in [0.25, 0.3) is 0 Å². The molecule has 2 aliphatic rings. The van der Waals surface area contributed by atoms with Gasteiger partial charge < -0.3 is 16.4 Å². The minimum Gasteiger partial charge on any atom is -0.397 e. The van der Waals surface area contributed by atoms with E-state index in [2.05, 4.69) is 10.6 Å². The maximum Gasteiger partial charge on any atom is 0.263 e. The molecule has 0 bridgehead atoms. The lowest BCUT2D eigenvalue weighted by Crippen LogP contribution is -2.25. The summed E-state index contributed by atoms with van der Waals surface area (Å²) in [4.78, 5) is 12.6. The summed E-state index contributed by atoms with van der Waals surface area (Å²) in [6.07, 6.45) is 1.60. The summed E-state index contributed by atoms with van der Waals surface area (Å²) in [5.74, 6) is 0.135. The van der Waals surface area contributed by atoms with Gasteiger partial charge in [-0.15, -0.1) is 11.3 Å². The third-order valence-corrected chi connectivity index (χ3v) is 4.68. The molecular weight excluding hydrogens is 284 g/mol. The number of amides is 1. The number of anilines is 2. The molecule has 4 nitrogen and oxygen atoms in total. The number of nitrogens with two attached hydrogens (primary N) is 1. The predicted octanol–water partition coefficient (Wildman–Crippen LogP) is 2.78. The van der Waals surface area contributed by atoms with E-state index in [4.69, 9.17) is 5.73 Å². The van der Waals surface area contributed by atoms with Gasteiger partial charge in [-0.2, -0.15) is 0 Å². The molecule has 1 amide bonds. The van der Waals surface area contributed by atoms with E-state index >= 15 is 0 Å². The molecule has 0 atom stereocenters. The first-order chi connectivity index (χ1) is 9.56. The molecule has 2 saturated carbocycles. The summed E-state index contributed by atoms with van der Waals surface area (Å²) >= 11 is 1.19. The van der Waals surface area contributed by atoms with Crippen molar-refractivity contribution in [2.24, 2.45) is 0 Å². The van der Waals surface area contributed by atoms with Crippen LogP contribution in [-0.4, -0.2) is 24.9 Å². The smallest absolute Gasteiger partial charge is 0.263 e. The van der Waals surface area contributed by atoms with Crippen LogP contribution in [0, 0.1) is 0 Å². The van der Waals surface area contributed by atoms with Crippen LogP contribution in [-0.2, 0) is 0 Å². The van der Waals surface area contributed by atoms with E-state index < -0.39 is 13.0 Å². The summed E-state index contributed by atoms with van der Waals surface area (Å²) < 4.78 is 24.7. The van der Waals surface area contributed by atoms with Crippen LogP contribution in [0.5, 0.6) is 0 Å². The third kappa shape index (κ3) is 2.87. The molecule has 4 N–H and O–H groups in total. The Labute approximate surface area is 119 Å². The molecule has 1 aromatic rings. The minimum absolute atomic E-state index is 0.179. The average Bonchev–Trinajstić information content (AvgIpc) is 3.28. The lowest BCUT2D eigenvalue weighted by atomic mass is 10.1. The van der Waals surface area contributed by atoms with Gasteiger partial charge in [0.05, 0.1) is 17.2 Å². The Balaban J connectivity index is 1.82. The monoisotopic (exact) mass is 301 g/mol. The largest absolute Gasteiger partial charge is 0.397 e. The molecule has 0 radical (unpaired) electrons. The van der Waals surface area contributed by atoms with Gasteiger partial charge in [-0.3, -0.25) is 4.79 Å². The van der Waals surface area contributed by atoms with E-state index in [1.807, 2.05) is 0 Å². The van der Waals surface area contributed by atoms with Crippen LogP contribution in [0.2, 0.25) is 0 Å². The zero-order valence-electron chi connectivity index (χ0n) is 10.9. The van der Waals surface area contributed by atoms with Gasteiger partial charge >= 0.3 is 0 Å². The van der Waals surface area contributed by atoms with Crippen molar-refractivity contribution in [1.82, 2.24) is 5.32 Å². The number of nitrogens with one attached hydrogen (secondary N) is 2. The van der Waals surface area contributed by atoms with Crippen LogP contribution in [0.3, 0.4) is 0 Å². The Morgan fingerprint density at radius 2 is 2.05 bits per heavy atom. The van der Waals surface area contributed by atoms with Crippen molar-refractivity contribution >= 4 is 27.9 Å². The first-order valence-electron chi connectivity index (χ1n) is 6.81. The molecule has 0 spiro atoms. The van der Waals surface area contributed by atoms with Crippen molar-refractivity contribution in [3.63, 3.8) is 0 Å². The van der Waals surface area contributed by atoms with E-state index in [0.717, 1.165) is 31.2 Å². The number of carbonyl (C=O) groups excluding carboxylic acids is 1. The average molecular weight is 301 g/mol. The maximum absolute atomic E-state index is 12.3. The summed E-state index contributed by atoms with van der Waals surface area (Å²) in [6, 6.07) is 0.255. The van der Waals surface area contributed by atoms with Crippen LogP contribution < -0.4 is 16.4 Å². The molecule has 0 saturated heterocycles. The fourth-order valence-corrected chi connectivity index (χ4v) is 3.30.